The molecule has 0 saturated heterocycles. The van der Waals surface area contributed by atoms with Gasteiger partial charge in [0.25, 0.3) is 0 Å². The molecule has 1 aliphatic carbocycles. The van der Waals surface area contributed by atoms with Crippen LogP contribution in [0, 0.1) is 0 Å². The molecule has 1 aliphatic rings. The average Bonchev–Trinajstić information content (AvgIpc) is 4.07. The van der Waals surface area contributed by atoms with Gasteiger partial charge in [-0.3, -0.25) is 0 Å². The minimum absolute atomic E-state index is 0.823. The van der Waals surface area contributed by atoms with Crippen molar-refractivity contribution in [1.82, 2.24) is 0 Å². The highest BCUT2D eigenvalue weighted by Gasteiger charge is 2.22. The molecule has 0 atom stereocenters. The first-order valence-corrected chi connectivity index (χ1v) is 20.6. The molecule has 280 valence electrons. The average molecular weight is 769 g/mol. The van der Waals surface area contributed by atoms with Crippen molar-refractivity contribution in [2.24, 2.45) is 0 Å². The van der Waals surface area contributed by atoms with E-state index >= 15 is 0 Å². The maximum atomic E-state index is 6.69. The quantitative estimate of drug-likeness (QED) is 0.180. The minimum atomic E-state index is 0.823. The maximum absolute atomic E-state index is 6.69. The van der Waals surface area contributed by atoms with E-state index < -0.39 is 0 Å². The number of benzene rings is 9. The third kappa shape index (κ3) is 4.56. The summed E-state index contributed by atoms with van der Waals surface area (Å²) in [7, 11) is 0. The summed E-state index contributed by atoms with van der Waals surface area (Å²) in [4.78, 5) is 0. The smallest absolute Gasteiger partial charge is 0.147 e. The Kier molecular flexibility index (Phi) is 6.37. The van der Waals surface area contributed by atoms with Crippen molar-refractivity contribution in [1.29, 1.82) is 0 Å². The van der Waals surface area contributed by atoms with Crippen LogP contribution in [0.4, 0.5) is 0 Å². The molecule has 0 saturated carbocycles. The summed E-state index contributed by atoms with van der Waals surface area (Å²) in [6.07, 6.45) is 2.07. The lowest BCUT2D eigenvalue weighted by molar-refractivity contribution is 0.661. The fourth-order valence-electron chi connectivity index (χ4n) is 10.1. The van der Waals surface area contributed by atoms with Crippen LogP contribution in [0.15, 0.2) is 188 Å². The first-order valence-electron chi connectivity index (χ1n) is 20.6. The van der Waals surface area contributed by atoms with Gasteiger partial charge in [0.15, 0.2) is 0 Å². The summed E-state index contributed by atoms with van der Waals surface area (Å²) < 4.78 is 26.2. The fourth-order valence-corrected chi connectivity index (χ4v) is 10.1. The zero-order valence-corrected chi connectivity index (χ0v) is 32.2. The number of furan rings is 4. The number of aryl methyl sites for hydroxylation is 2. The van der Waals surface area contributed by atoms with Crippen LogP contribution < -0.4 is 0 Å². The molecule has 0 radical (unpaired) electrons. The first-order chi connectivity index (χ1) is 29.7. The van der Waals surface area contributed by atoms with Gasteiger partial charge in [0, 0.05) is 32.3 Å². The molecule has 9 aromatic carbocycles. The van der Waals surface area contributed by atoms with Crippen molar-refractivity contribution >= 4 is 87.8 Å². The Labute approximate surface area is 342 Å². The summed E-state index contributed by atoms with van der Waals surface area (Å²) in [5.74, 6) is 0. The highest BCUT2D eigenvalue weighted by atomic mass is 16.4. The van der Waals surface area contributed by atoms with E-state index in [1.165, 1.54) is 27.8 Å². The molecule has 4 aromatic heterocycles. The second kappa shape index (κ2) is 11.9. The van der Waals surface area contributed by atoms with Crippen LogP contribution >= 0.6 is 0 Å². The van der Waals surface area contributed by atoms with Gasteiger partial charge < -0.3 is 17.7 Å². The van der Waals surface area contributed by atoms with Crippen molar-refractivity contribution in [3.05, 3.63) is 181 Å². The zero-order valence-electron chi connectivity index (χ0n) is 32.2. The number of hydrogen-bond donors (Lipinski definition) is 0. The summed E-state index contributed by atoms with van der Waals surface area (Å²) in [5.41, 5.74) is 19.1. The van der Waals surface area contributed by atoms with E-state index in [1.54, 1.807) is 0 Å². The van der Waals surface area contributed by atoms with Gasteiger partial charge in [0.05, 0.1) is 10.8 Å². The fraction of sp³-hybridized carbons (Fsp3) is 0.0357. The predicted molar refractivity (Wildman–Crippen MR) is 245 cm³/mol. The van der Waals surface area contributed by atoms with E-state index in [4.69, 9.17) is 17.7 Å². The van der Waals surface area contributed by atoms with Gasteiger partial charge in [-0.05, 0) is 147 Å². The third-order valence-electron chi connectivity index (χ3n) is 13.0. The largest absolute Gasteiger partial charge is 0.456 e. The first kappa shape index (κ1) is 32.2. The number of fused-ring (bicyclic) bond motifs is 17. The van der Waals surface area contributed by atoms with E-state index in [9.17, 15) is 0 Å². The van der Waals surface area contributed by atoms with Crippen molar-refractivity contribution in [2.45, 2.75) is 12.8 Å². The molecule has 0 N–H and O–H groups in total. The molecule has 4 heterocycles. The third-order valence-corrected chi connectivity index (χ3v) is 13.0. The Morgan fingerprint density at radius 3 is 1.45 bits per heavy atom. The normalized spacial score (nSPS) is 12.9. The molecule has 0 amide bonds. The minimum Gasteiger partial charge on any atom is -0.456 e. The van der Waals surface area contributed by atoms with Gasteiger partial charge in [-0.25, -0.2) is 0 Å². The Morgan fingerprint density at radius 1 is 0.267 bits per heavy atom. The van der Waals surface area contributed by atoms with Crippen LogP contribution in [0.25, 0.3) is 132 Å². The predicted octanol–water partition coefficient (Wildman–Crippen LogP) is 16.1. The highest BCUT2D eigenvalue weighted by molar-refractivity contribution is 6.24. The number of hydrogen-bond acceptors (Lipinski definition) is 4. The van der Waals surface area contributed by atoms with E-state index in [1.807, 2.05) is 6.07 Å². The summed E-state index contributed by atoms with van der Waals surface area (Å²) in [6, 6.07) is 60.5. The molecule has 0 unspecified atom stereocenters. The standard InChI is InChI=1S/C56H32O4/c1-2-7-31(8-3-1)35-15-22-49-45(28-35)53-50(57-49)23-18-40-43-26-36(16-20-47(43)59-55(40)53)33-10-6-11-34(25-33)37-17-21-48-44(27-37)41-19-24-51-54(56(41)60-48)46-30-42-38(29-52(46)58-51)14-13-32-9-4-5-12-39(32)42/h1-12,15-30H,13-14H2. The lowest BCUT2D eigenvalue weighted by Crippen LogP contribution is -2.03. The van der Waals surface area contributed by atoms with Gasteiger partial charge in [-0.2, -0.15) is 0 Å². The summed E-state index contributed by atoms with van der Waals surface area (Å²) in [6.45, 7) is 0. The molecule has 0 spiro atoms. The molecule has 0 fully saturated rings. The van der Waals surface area contributed by atoms with Crippen molar-refractivity contribution in [2.75, 3.05) is 0 Å². The molecule has 0 bridgehead atoms. The Morgan fingerprint density at radius 2 is 0.767 bits per heavy atom. The zero-order chi connectivity index (χ0) is 39.1. The Hall–Kier alpha value is -7.82. The van der Waals surface area contributed by atoms with E-state index in [0.717, 1.165) is 128 Å². The Bertz CT molecular complexity index is 3940. The maximum Gasteiger partial charge on any atom is 0.147 e. The second-order valence-corrected chi connectivity index (χ2v) is 16.3. The van der Waals surface area contributed by atoms with E-state index in [0.29, 0.717) is 0 Å². The lowest BCUT2D eigenvalue weighted by Gasteiger charge is -2.19. The number of rotatable bonds is 3. The molecule has 4 heteroatoms. The molecular weight excluding hydrogens is 737 g/mol. The van der Waals surface area contributed by atoms with E-state index in [2.05, 4.69) is 164 Å². The monoisotopic (exact) mass is 768 g/mol. The molecule has 4 nitrogen and oxygen atoms in total. The van der Waals surface area contributed by atoms with Gasteiger partial charge in [-0.1, -0.05) is 91.0 Å². The van der Waals surface area contributed by atoms with Crippen LogP contribution in [0.3, 0.4) is 0 Å². The molecular formula is C56H32O4. The van der Waals surface area contributed by atoms with E-state index in [-0.39, 0.29) is 0 Å². The van der Waals surface area contributed by atoms with Crippen LogP contribution in [-0.2, 0) is 12.8 Å². The van der Waals surface area contributed by atoms with Crippen LogP contribution in [-0.4, -0.2) is 0 Å². The molecule has 0 aliphatic heterocycles. The SMILES string of the molecule is c1ccc(-c2ccc3oc4ccc5c6cc(-c7cccc(-c8ccc9oc%10c(ccc%11oc%12cc%13c(cc%12c%11%10)-c%10ccccc%10CC%13)c9c8)c7)ccc6oc5c4c3c2)cc1. The second-order valence-electron chi connectivity index (χ2n) is 16.3. The molecule has 14 rings (SSSR count). The van der Waals surface area contributed by atoms with Gasteiger partial charge in [0.1, 0.15) is 44.7 Å². The summed E-state index contributed by atoms with van der Waals surface area (Å²) >= 11 is 0. The lowest BCUT2D eigenvalue weighted by atomic mass is 9.85. The van der Waals surface area contributed by atoms with Crippen molar-refractivity contribution in [3.8, 4) is 44.5 Å². The molecule has 13 aromatic rings. The summed E-state index contributed by atoms with van der Waals surface area (Å²) in [5, 5.41) is 8.53. The van der Waals surface area contributed by atoms with Gasteiger partial charge in [-0.15, -0.1) is 0 Å². The van der Waals surface area contributed by atoms with Crippen LogP contribution in [0.1, 0.15) is 11.1 Å². The van der Waals surface area contributed by atoms with Crippen molar-refractivity contribution < 1.29 is 17.7 Å². The topological polar surface area (TPSA) is 52.6 Å². The Balaban J connectivity index is 0.865. The van der Waals surface area contributed by atoms with Gasteiger partial charge >= 0.3 is 0 Å². The highest BCUT2D eigenvalue weighted by Crippen LogP contribution is 2.45. The molecule has 60 heavy (non-hydrogen) atoms. The van der Waals surface area contributed by atoms with Crippen LogP contribution in [0.2, 0.25) is 0 Å². The van der Waals surface area contributed by atoms with Gasteiger partial charge in [0.2, 0.25) is 0 Å². The van der Waals surface area contributed by atoms with Crippen molar-refractivity contribution in [3.63, 3.8) is 0 Å². The van der Waals surface area contributed by atoms with Crippen LogP contribution in [0.5, 0.6) is 0 Å².